The van der Waals surface area contributed by atoms with E-state index in [1.54, 1.807) is 0 Å². The molecule has 0 saturated carbocycles. The monoisotopic (exact) mass is 432 g/mol. The first-order valence-corrected chi connectivity index (χ1v) is 11.1. The van der Waals surface area contributed by atoms with Gasteiger partial charge >= 0.3 is 17.9 Å². The van der Waals surface area contributed by atoms with Gasteiger partial charge in [0.2, 0.25) is 0 Å². The van der Waals surface area contributed by atoms with Crippen LogP contribution in [0.1, 0.15) is 71.6 Å². The Morgan fingerprint density at radius 3 is 2.10 bits per heavy atom. The molecule has 8 heteroatoms. The summed E-state index contributed by atoms with van der Waals surface area (Å²) in [4.78, 5) is 35.2. The third kappa shape index (κ3) is 14.3. The van der Waals surface area contributed by atoms with Gasteiger partial charge in [0, 0.05) is 19.3 Å². The molecule has 176 valence electrons. The average Bonchev–Trinajstić information content (AvgIpc) is 2.64. The molecule has 0 aromatic rings. The summed E-state index contributed by atoms with van der Waals surface area (Å²) < 4.78 is 16.5. The average molecular weight is 433 g/mol. The Balaban J connectivity index is 4.52. The minimum Gasteiger partial charge on any atom is -0.477 e. The molecule has 0 aliphatic rings. The molecular formula is C22H42NO7+. The van der Waals surface area contributed by atoms with Gasteiger partial charge in [-0.1, -0.05) is 39.5 Å². The SMILES string of the molecule is CCCCCCCC(=O)OC(COCCC(C(=O)O)[N+](C)(C)C)COC(=O)CCC. The van der Waals surface area contributed by atoms with Gasteiger partial charge < -0.3 is 23.8 Å². The molecule has 0 heterocycles. The predicted molar refractivity (Wildman–Crippen MR) is 114 cm³/mol. The van der Waals surface area contributed by atoms with E-state index in [-0.39, 0.29) is 36.2 Å². The molecule has 0 rings (SSSR count). The van der Waals surface area contributed by atoms with Gasteiger partial charge in [-0.25, -0.2) is 4.79 Å². The van der Waals surface area contributed by atoms with E-state index in [2.05, 4.69) is 6.92 Å². The molecule has 0 radical (unpaired) electrons. The maximum atomic E-state index is 12.1. The summed E-state index contributed by atoms with van der Waals surface area (Å²) in [6, 6.07) is -0.600. The fourth-order valence-electron chi connectivity index (χ4n) is 2.95. The third-order valence-corrected chi connectivity index (χ3v) is 4.73. The smallest absolute Gasteiger partial charge is 0.362 e. The Kier molecular flexibility index (Phi) is 15.2. The van der Waals surface area contributed by atoms with Crippen molar-refractivity contribution < 1.29 is 38.2 Å². The van der Waals surface area contributed by atoms with Crippen LogP contribution in [0.25, 0.3) is 0 Å². The molecule has 0 aromatic heterocycles. The van der Waals surface area contributed by atoms with Crippen molar-refractivity contribution in [2.45, 2.75) is 83.8 Å². The van der Waals surface area contributed by atoms with E-state index in [9.17, 15) is 19.5 Å². The summed E-state index contributed by atoms with van der Waals surface area (Å²) >= 11 is 0. The van der Waals surface area contributed by atoms with Crippen LogP contribution in [0.5, 0.6) is 0 Å². The predicted octanol–water partition coefficient (Wildman–Crippen LogP) is 3.17. The molecule has 0 spiro atoms. The lowest BCUT2D eigenvalue weighted by molar-refractivity contribution is -0.887. The summed E-state index contributed by atoms with van der Waals surface area (Å²) in [6.07, 6.45) is 6.10. The van der Waals surface area contributed by atoms with Crippen LogP contribution in [0.4, 0.5) is 0 Å². The van der Waals surface area contributed by atoms with Crippen LogP contribution >= 0.6 is 0 Å². The number of rotatable bonds is 18. The second-order valence-corrected chi connectivity index (χ2v) is 8.54. The minimum atomic E-state index is -0.884. The summed E-state index contributed by atoms with van der Waals surface area (Å²) in [6.45, 7) is 4.23. The van der Waals surface area contributed by atoms with E-state index in [0.29, 0.717) is 25.7 Å². The van der Waals surface area contributed by atoms with Crippen LogP contribution in [0.2, 0.25) is 0 Å². The van der Waals surface area contributed by atoms with Crippen molar-refractivity contribution in [3.63, 3.8) is 0 Å². The number of carbonyl (C=O) groups is 3. The van der Waals surface area contributed by atoms with Gasteiger partial charge in [0.15, 0.2) is 12.1 Å². The second kappa shape index (κ2) is 16.1. The molecule has 2 atom stereocenters. The van der Waals surface area contributed by atoms with E-state index in [4.69, 9.17) is 14.2 Å². The van der Waals surface area contributed by atoms with Crippen LogP contribution in [0.3, 0.4) is 0 Å². The van der Waals surface area contributed by atoms with Crippen molar-refractivity contribution in [3.8, 4) is 0 Å². The van der Waals surface area contributed by atoms with Crippen molar-refractivity contribution >= 4 is 17.9 Å². The minimum absolute atomic E-state index is 0.0574. The van der Waals surface area contributed by atoms with Gasteiger partial charge in [0.05, 0.1) is 34.4 Å². The van der Waals surface area contributed by atoms with E-state index in [0.717, 1.165) is 32.1 Å². The largest absolute Gasteiger partial charge is 0.477 e. The zero-order valence-corrected chi connectivity index (χ0v) is 19.5. The van der Waals surface area contributed by atoms with Gasteiger partial charge in [-0.3, -0.25) is 9.59 Å². The van der Waals surface area contributed by atoms with Crippen molar-refractivity contribution in [3.05, 3.63) is 0 Å². The highest BCUT2D eigenvalue weighted by atomic mass is 16.6. The first kappa shape index (κ1) is 28.3. The number of likely N-dealkylation sites (N-methyl/N-ethyl adjacent to an activating group) is 1. The highest BCUT2D eigenvalue weighted by molar-refractivity contribution is 5.72. The number of nitrogens with zero attached hydrogens (tertiary/aromatic N) is 1. The van der Waals surface area contributed by atoms with Gasteiger partial charge in [0.1, 0.15) is 6.61 Å². The first-order chi connectivity index (χ1) is 14.1. The number of unbranched alkanes of at least 4 members (excludes halogenated alkanes) is 4. The van der Waals surface area contributed by atoms with Crippen LogP contribution < -0.4 is 0 Å². The number of ether oxygens (including phenoxy) is 3. The van der Waals surface area contributed by atoms with Gasteiger partial charge in [-0.15, -0.1) is 0 Å². The van der Waals surface area contributed by atoms with Crippen molar-refractivity contribution in [1.82, 2.24) is 0 Å². The Labute approximate surface area is 181 Å². The third-order valence-electron chi connectivity index (χ3n) is 4.73. The Hall–Kier alpha value is -1.67. The number of carbonyl (C=O) groups excluding carboxylic acids is 2. The van der Waals surface area contributed by atoms with E-state index in [1.807, 2.05) is 28.1 Å². The Morgan fingerprint density at radius 1 is 0.867 bits per heavy atom. The summed E-state index contributed by atoms with van der Waals surface area (Å²) in [5.74, 6) is -1.55. The molecule has 0 aromatic carbocycles. The number of hydrogen-bond acceptors (Lipinski definition) is 6. The van der Waals surface area contributed by atoms with Crippen molar-refractivity contribution in [2.75, 3.05) is 41.0 Å². The van der Waals surface area contributed by atoms with Crippen molar-refractivity contribution in [2.24, 2.45) is 0 Å². The topological polar surface area (TPSA) is 99.1 Å². The second-order valence-electron chi connectivity index (χ2n) is 8.54. The molecule has 1 N–H and O–H groups in total. The quantitative estimate of drug-likeness (QED) is 0.202. The highest BCUT2D eigenvalue weighted by Crippen LogP contribution is 2.10. The molecule has 0 fully saturated rings. The van der Waals surface area contributed by atoms with E-state index >= 15 is 0 Å². The van der Waals surface area contributed by atoms with E-state index < -0.39 is 18.1 Å². The summed E-state index contributed by atoms with van der Waals surface area (Å²) in [5.41, 5.74) is 0. The lowest BCUT2D eigenvalue weighted by atomic mass is 10.1. The van der Waals surface area contributed by atoms with Gasteiger partial charge in [-0.05, 0) is 12.8 Å². The Morgan fingerprint density at radius 2 is 1.53 bits per heavy atom. The fraction of sp³-hybridized carbons (Fsp3) is 0.864. The molecule has 30 heavy (non-hydrogen) atoms. The molecule has 0 bridgehead atoms. The molecule has 8 nitrogen and oxygen atoms in total. The molecule has 0 saturated heterocycles. The maximum Gasteiger partial charge on any atom is 0.362 e. The van der Waals surface area contributed by atoms with Gasteiger partial charge in [-0.2, -0.15) is 0 Å². The lowest BCUT2D eigenvalue weighted by Crippen LogP contribution is -2.50. The number of hydrogen-bond donors (Lipinski definition) is 1. The summed E-state index contributed by atoms with van der Waals surface area (Å²) in [7, 11) is 5.45. The standard InChI is InChI=1S/C22H41NO7/c1-6-8-9-10-11-13-21(25)30-18(17-29-20(24)12-7-2)16-28-15-14-19(22(26)27)23(3,4)5/h18-19H,6-17H2,1-5H3/p+1. The van der Waals surface area contributed by atoms with Crippen LogP contribution in [-0.2, 0) is 28.6 Å². The molecule has 0 aliphatic carbocycles. The molecule has 0 amide bonds. The number of esters is 2. The Bertz CT molecular complexity index is 502. The lowest BCUT2D eigenvalue weighted by Gasteiger charge is -2.31. The maximum absolute atomic E-state index is 12.1. The fourth-order valence-corrected chi connectivity index (χ4v) is 2.95. The molecule has 0 aliphatic heterocycles. The number of carboxylic acids is 1. The number of quaternary nitrogens is 1. The van der Waals surface area contributed by atoms with Gasteiger partial charge in [0.25, 0.3) is 0 Å². The van der Waals surface area contributed by atoms with E-state index in [1.165, 1.54) is 0 Å². The normalized spacial score (nSPS) is 13.5. The van der Waals surface area contributed by atoms with Crippen LogP contribution in [-0.4, -0.2) is 80.6 Å². The van der Waals surface area contributed by atoms with Crippen LogP contribution in [0.15, 0.2) is 0 Å². The first-order valence-electron chi connectivity index (χ1n) is 11.1. The summed E-state index contributed by atoms with van der Waals surface area (Å²) in [5, 5.41) is 9.37. The van der Waals surface area contributed by atoms with Crippen molar-refractivity contribution in [1.29, 1.82) is 0 Å². The zero-order chi connectivity index (χ0) is 23.0. The number of aliphatic carboxylic acids is 1. The number of carboxylic acid groups (broad SMARTS) is 1. The highest BCUT2D eigenvalue weighted by Gasteiger charge is 2.31. The molecule has 2 unspecified atom stereocenters. The molecular weight excluding hydrogens is 390 g/mol. The zero-order valence-electron chi connectivity index (χ0n) is 19.5. The van der Waals surface area contributed by atoms with Crippen LogP contribution in [0, 0.1) is 0 Å².